The molecule has 33 heavy (non-hydrogen) atoms. The van der Waals surface area contributed by atoms with Crippen LogP contribution in [-0.2, 0) is 17.8 Å². The van der Waals surface area contributed by atoms with Crippen LogP contribution in [0.15, 0.2) is 65.2 Å². The van der Waals surface area contributed by atoms with Crippen molar-refractivity contribution in [3.05, 3.63) is 71.8 Å². The van der Waals surface area contributed by atoms with Crippen LogP contribution in [0.1, 0.15) is 38.3 Å². The van der Waals surface area contributed by atoms with Crippen LogP contribution in [0.4, 0.5) is 5.88 Å². The Hall–Kier alpha value is -2.67. The van der Waals surface area contributed by atoms with Crippen molar-refractivity contribution in [3.63, 3.8) is 0 Å². The molecule has 0 radical (unpaired) electrons. The number of aromatic nitrogens is 1. The van der Waals surface area contributed by atoms with E-state index in [1.165, 1.54) is 5.56 Å². The molecule has 3 rings (SSSR count). The van der Waals surface area contributed by atoms with Gasteiger partial charge in [0.25, 0.3) is 0 Å². The monoisotopic (exact) mass is 451 g/mol. The van der Waals surface area contributed by atoms with E-state index >= 15 is 0 Å². The molecule has 1 aromatic heterocycles. The Bertz CT molecular complexity index is 944. The number of ether oxygens (including phenoxy) is 1. The number of aliphatic hydroxyl groups excluding tert-OH is 1. The van der Waals surface area contributed by atoms with E-state index in [1.54, 1.807) is 0 Å². The van der Waals surface area contributed by atoms with Crippen LogP contribution in [0.3, 0.4) is 0 Å². The van der Waals surface area contributed by atoms with E-state index in [0.717, 1.165) is 42.2 Å². The van der Waals surface area contributed by atoms with Crippen LogP contribution >= 0.6 is 0 Å². The Labute approximate surface area is 197 Å². The minimum atomic E-state index is -0.551. The van der Waals surface area contributed by atoms with Gasteiger partial charge in [-0.1, -0.05) is 72.7 Å². The summed E-state index contributed by atoms with van der Waals surface area (Å²) in [4.78, 5) is 4.36. The van der Waals surface area contributed by atoms with Crippen molar-refractivity contribution in [3.8, 4) is 11.3 Å². The molecular formula is C27H37N3O3. The molecule has 0 aliphatic rings. The van der Waals surface area contributed by atoms with Crippen LogP contribution in [0.2, 0.25) is 0 Å². The van der Waals surface area contributed by atoms with Gasteiger partial charge < -0.3 is 19.3 Å². The Kier molecular flexibility index (Phi) is 9.48. The summed E-state index contributed by atoms with van der Waals surface area (Å²) in [5.74, 6) is 0.756. The molecular weight excluding hydrogens is 414 g/mol. The highest BCUT2D eigenvalue weighted by molar-refractivity contribution is 5.68. The average molecular weight is 452 g/mol. The van der Waals surface area contributed by atoms with Gasteiger partial charge >= 0.3 is 0 Å². The SMILES string of the molecule is CCCN(Cc1c(-c2ccccc2)noc1N(C)Cc1ccccc1)C[C@H](O)COC(C)C. The quantitative estimate of drug-likeness (QED) is 0.396. The summed E-state index contributed by atoms with van der Waals surface area (Å²) in [6.07, 6.45) is 0.531. The molecule has 0 fully saturated rings. The van der Waals surface area contributed by atoms with Crippen molar-refractivity contribution >= 4 is 5.88 Å². The Morgan fingerprint density at radius 3 is 2.30 bits per heavy atom. The van der Waals surface area contributed by atoms with Crippen molar-refractivity contribution in [1.82, 2.24) is 10.1 Å². The lowest BCUT2D eigenvalue weighted by Crippen LogP contribution is -2.36. The van der Waals surface area contributed by atoms with Crippen molar-refractivity contribution < 1.29 is 14.4 Å². The predicted molar refractivity (Wildman–Crippen MR) is 133 cm³/mol. The molecule has 0 saturated heterocycles. The number of aliphatic hydroxyl groups is 1. The molecule has 0 amide bonds. The Balaban J connectivity index is 1.86. The number of anilines is 1. The van der Waals surface area contributed by atoms with E-state index in [4.69, 9.17) is 9.26 Å². The highest BCUT2D eigenvalue weighted by atomic mass is 16.5. The van der Waals surface area contributed by atoms with Gasteiger partial charge in [0.15, 0.2) is 0 Å². The molecule has 0 saturated carbocycles. The molecule has 0 aliphatic carbocycles. The summed E-state index contributed by atoms with van der Waals surface area (Å²) in [5, 5.41) is 15.0. The zero-order valence-corrected chi connectivity index (χ0v) is 20.3. The smallest absolute Gasteiger partial charge is 0.232 e. The fourth-order valence-corrected chi connectivity index (χ4v) is 3.92. The van der Waals surface area contributed by atoms with Crippen LogP contribution in [-0.4, -0.2) is 54.1 Å². The molecule has 0 spiro atoms. The first kappa shape index (κ1) is 25.0. The van der Waals surface area contributed by atoms with Gasteiger partial charge in [0, 0.05) is 32.2 Å². The minimum Gasteiger partial charge on any atom is -0.389 e. The van der Waals surface area contributed by atoms with Gasteiger partial charge in [-0.3, -0.25) is 4.90 Å². The first-order valence-corrected chi connectivity index (χ1v) is 11.8. The summed E-state index contributed by atoms with van der Waals surface area (Å²) in [7, 11) is 2.03. The third-order valence-electron chi connectivity index (χ3n) is 5.44. The van der Waals surface area contributed by atoms with Crippen molar-refractivity contribution in [1.29, 1.82) is 0 Å². The standard InChI is InChI=1S/C27H37N3O3/c1-5-16-30(18-24(31)20-32-21(2)3)19-25-26(23-14-10-7-11-15-23)28-33-27(25)29(4)17-22-12-8-6-9-13-22/h6-15,21,24,31H,5,16-20H2,1-4H3/t24-/m0/s1. The molecule has 0 aliphatic heterocycles. The molecule has 2 aromatic carbocycles. The normalized spacial score (nSPS) is 12.5. The third kappa shape index (κ3) is 7.42. The second-order valence-corrected chi connectivity index (χ2v) is 8.79. The molecule has 178 valence electrons. The summed E-state index contributed by atoms with van der Waals surface area (Å²) in [6.45, 7) is 9.18. The lowest BCUT2D eigenvalue weighted by Gasteiger charge is -2.26. The summed E-state index contributed by atoms with van der Waals surface area (Å²) < 4.78 is 11.5. The fraction of sp³-hybridized carbons (Fsp3) is 0.444. The summed E-state index contributed by atoms with van der Waals surface area (Å²) in [5.41, 5.74) is 4.11. The molecule has 1 N–H and O–H groups in total. The van der Waals surface area contributed by atoms with Gasteiger partial charge in [-0.15, -0.1) is 0 Å². The van der Waals surface area contributed by atoms with E-state index in [0.29, 0.717) is 19.7 Å². The number of hydrogen-bond donors (Lipinski definition) is 1. The predicted octanol–water partition coefficient (Wildman–Crippen LogP) is 4.98. The number of rotatable bonds is 13. The first-order chi connectivity index (χ1) is 16.0. The first-order valence-electron chi connectivity index (χ1n) is 11.8. The number of nitrogens with zero attached hydrogens (tertiary/aromatic N) is 3. The van der Waals surface area contributed by atoms with Crippen LogP contribution < -0.4 is 4.90 Å². The maximum Gasteiger partial charge on any atom is 0.232 e. The van der Waals surface area contributed by atoms with Crippen molar-refractivity contribution in [2.45, 2.75) is 52.5 Å². The second-order valence-electron chi connectivity index (χ2n) is 8.79. The highest BCUT2D eigenvalue weighted by Crippen LogP contribution is 2.32. The van der Waals surface area contributed by atoms with Crippen molar-refractivity contribution in [2.75, 3.05) is 31.6 Å². The van der Waals surface area contributed by atoms with E-state index in [-0.39, 0.29) is 6.10 Å². The molecule has 1 heterocycles. The van der Waals surface area contributed by atoms with E-state index in [2.05, 4.69) is 46.1 Å². The van der Waals surface area contributed by atoms with Gasteiger partial charge in [-0.05, 0) is 32.4 Å². The molecule has 3 aromatic rings. The maximum absolute atomic E-state index is 10.6. The summed E-state index contributed by atoms with van der Waals surface area (Å²) in [6, 6.07) is 20.5. The van der Waals surface area contributed by atoms with Crippen LogP contribution in [0.5, 0.6) is 0 Å². The molecule has 0 bridgehead atoms. The van der Waals surface area contributed by atoms with Gasteiger partial charge in [0.1, 0.15) is 5.69 Å². The number of benzene rings is 2. The Morgan fingerprint density at radius 1 is 1.00 bits per heavy atom. The lowest BCUT2D eigenvalue weighted by molar-refractivity contribution is -0.00947. The zero-order chi connectivity index (χ0) is 23.6. The van der Waals surface area contributed by atoms with Gasteiger partial charge in [-0.25, -0.2) is 0 Å². The summed E-state index contributed by atoms with van der Waals surface area (Å²) >= 11 is 0. The van der Waals surface area contributed by atoms with Gasteiger partial charge in [-0.2, -0.15) is 0 Å². The molecule has 6 heteroatoms. The van der Waals surface area contributed by atoms with E-state index in [9.17, 15) is 5.11 Å². The van der Waals surface area contributed by atoms with Crippen LogP contribution in [0, 0.1) is 0 Å². The zero-order valence-electron chi connectivity index (χ0n) is 20.3. The fourth-order valence-electron chi connectivity index (χ4n) is 3.92. The molecule has 1 atom stereocenters. The second kappa shape index (κ2) is 12.5. The Morgan fingerprint density at radius 2 is 1.67 bits per heavy atom. The highest BCUT2D eigenvalue weighted by Gasteiger charge is 2.24. The van der Waals surface area contributed by atoms with Gasteiger partial charge in [0.2, 0.25) is 5.88 Å². The largest absolute Gasteiger partial charge is 0.389 e. The van der Waals surface area contributed by atoms with Crippen LogP contribution in [0.25, 0.3) is 11.3 Å². The molecule has 6 nitrogen and oxygen atoms in total. The maximum atomic E-state index is 10.6. The van der Waals surface area contributed by atoms with Crippen molar-refractivity contribution in [2.24, 2.45) is 0 Å². The minimum absolute atomic E-state index is 0.0975. The van der Waals surface area contributed by atoms with Gasteiger partial charge in [0.05, 0.1) is 24.4 Å². The topological polar surface area (TPSA) is 62.0 Å². The lowest BCUT2D eigenvalue weighted by atomic mass is 10.1. The average Bonchev–Trinajstić information content (AvgIpc) is 3.22. The number of hydrogen-bond acceptors (Lipinski definition) is 6. The molecule has 0 unspecified atom stereocenters. The van der Waals surface area contributed by atoms with E-state index < -0.39 is 6.10 Å². The van der Waals surface area contributed by atoms with E-state index in [1.807, 2.05) is 57.3 Å². The third-order valence-corrected chi connectivity index (χ3v) is 5.44.